The average molecular weight is 258 g/mol. The highest BCUT2D eigenvalue weighted by atomic mass is 16.4. The highest BCUT2D eigenvalue weighted by Crippen LogP contribution is 2.12. The first-order valence-electron chi connectivity index (χ1n) is 7.53. The largest absolute Gasteiger partial charge is 0.481 e. The number of aliphatic carboxylic acids is 1. The minimum atomic E-state index is -0.674. The van der Waals surface area contributed by atoms with Crippen LogP contribution in [0.25, 0.3) is 0 Å². The predicted octanol–water partition coefficient (Wildman–Crippen LogP) is 4.13. The van der Waals surface area contributed by atoms with Gasteiger partial charge in [-0.05, 0) is 19.8 Å². The maximum Gasteiger partial charge on any atom is 0.303 e. The summed E-state index contributed by atoms with van der Waals surface area (Å²) in [4.78, 5) is 10.3. The van der Waals surface area contributed by atoms with Crippen molar-refractivity contribution in [3.05, 3.63) is 0 Å². The van der Waals surface area contributed by atoms with Crippen LogP contribution in [0.4, 0.5) is 0 Å². The van der Waals surface area contributed by atoms with Crippen LogP contribution in [0, 0.1) is 0 Å². The van der Waals surface area contributed by atoms with E-state index < -0.39 is 5.97 Å². The molecule has 0 aliphatic rings. The van der Waals surface area contributed by atoms with Crippen LogP contribution >= 0.6 is 0 Å². The molecular formula is C15H30O3. The first-order valence-corrected chi connectivity index (χ1v) is 7.53. The number of hydrogen-bond donors (Lipinski definition) is 2. The van der Waals surface area contributed by atoms with Gasteiger partial charge in [0.2, 0.25) is 0 Å². The summed E-state index contributed by atoms with van der Waals surface area (Å²) in [5, 5.41) is 17.6. The Kier molecular flexibility index (Phi) is 12.5. The topological polar surface area (TPSA) is 57.5 Å². The van der Waals surface area contributed by atoms with Crippen molar-refractivity contribution >= 4 is 5.97 Å². The molecule has 3 nitrogen and oxygen atoms in total. The summed E-state index contributed by atoms with van der Waals surface area (Å²) in [6.45, 7) is 1.85. The quantitative estimate of drug-likeness (QED) is 0.488. The van der Waals surface area contributed by atoms with Crippen molar-refractivity contribution in [1.82, 2.24) is 0 Å². The molecule has 0 heterocycles. The van der Waals surface area contributed by atoms with Crippen LogP contribution in [-0.2, 0) is 4.79 Å². The molecule has 0 rings (SSSR count). The fourth-order valence-electron chi connectivity index (χ4n) is 2.13. The van der Waals surface area contributed by atoms with Gasteiger partial charge in [-0.3, -0.25) is 4.79 Å². The summed E-state index contributed by atoms with van der Waals surface area (Å²) < 4.78 is 0. The molecule has 0 amide bonds. The third-order valence-corrected chi connectivity index (χ3v) is 3.26. The molecule has 18 heavy (non-hydrogen) atoms. The van der Waals surface area contributed by atoms with Gasteiger partial charge in [-0.1, -0.05) is 57.8 Å². The van der Waals surface area contributed by atoms with E-state index in [1.165, 1.54) is 44.9 Å². The highest BCUT2D eigenvalue weighted by molar-refractivity contribution is 5.66. The second-order valence-electron chi connectivity index (χ2n) is 5.32. The van der Waals surface area contributed by atoms with Crippen molar-refractivity contribution in [1.29, 1.82) is 0 Å². The zero-order chi connectivity index (χ0) is 13.6. The van der Waals surface area contributed by atoms with E-state index in [1.54, 1.807) is 0 Å². The first-order chi connectivity index (χ1) is 8.63. The van der Waals surface area contributed by atoms with Gasteiger partial charge in [0.1, 0.15) is 0 Å². The third-order valence-electron chi connectivity index (χ3n) is 3.26. The molecule has 0 bridgehead atoms. The lowest BCUT2D eigenvalue weighted by Gasteiger charge is -2.04. The molecule has 1 unspecified atom stereocenters. The number of carboxylic acid groups (broad SMARTS) is 1. The SMILES string of the molecule is CC(O)CCCCCCCCCCCCC(=O)O. The predicted molar refractivity (Wildman–Crippen MR) is 74.7 cm³/mol. The molecule has 0 aromatic carbocycles. The number of carbonyl (C=O) groups is 1. The zero-order valence-electron chi connectivity index (χ0n) is 11.9. The second-order valence-corrected chi connectivity index (χ2v) is 5.32. The Morgan fingerprint density at radius 2 is 1.22 bits per heavy atom. The minimum absolute atomic E-state index is 0.143. The molecule has 0 saturated heterocycles. The summed E-state index contributed by atoms with van der Waals surface area (Å²) in [7, 11) is 0. The molecule has 3 heteroatoms. The van der Waals surface area contributed by atoms with E-state index in [0.717, 1.165) is 25.7 Å². The normalized spacial score (nSPS) is 12.6. The van der Waals surface area contributed by atoms with E-state index in [4.69, 9.17) is 10.2 Å². The second kappa shape index (κ2) is 12.9. The van der Waals surface area contributed by atoms with Crippen molar-refractivity contribution in [2.45, 2.75) is 90.1 Å². The molecule has 0 fully saturated rings. The fourth-order valence-corrected chi connectivity index (χ4v) is 2.13. The molecule has 0 aliphatic heterocycles. The van der Waals surface area contributed by atoms with Crippen molar-refractivity contribution in [2.75, 3.05) is 0 Å². The third kappa shape index (κ3) is 15.4. The summed E-state index contributed by atoms with van der Waals surface area (Å²) >= 11 is 0. The maximum atomic E-state index is 10.3. The van der Waals surface area contributed by atoms with E-state index in [2.05, 4.69) is 0 Å². The first kappa shape index (κ1) is 17.4. The lowest BCUT2D eigenvalue weighted by atomic mass is 10.0. The molecule has 1 atom stereocenters. The van der Waals surface area contributed by atoms with Gasteiger partial charge < -0.3 is 10.2 Å². The van der Waals surface area contributed by atoms with Gasteiger partial charge >= 0.3 is 5.97 Å². The van der Waals surface area contributed by atoms with Gasteiger partial charge in [0.15, 0.2) is 0 Å². The maximum absolute atomic E-state index is 10.3. The number of carboxylic acids is 1. The summed E-state index contributed by atoms with van der Waals surface area (Å²) in [5.74, 6) is -0.674. The Morgan fingerprint density at radius 3 is 1.61 bits per heavy atom. The zero-order valence-corrected chi connectivity index (χ0v) is 11.9. The van der Waals surface area contributed by atoms with E-state index in [9.17, 15) is 4.79 Å². The molecule has 108 valence electrons. The Hall–Kier alpha value is -0.570. The van der Waals surface area contributed by atoms with Gasteiger partial charge in [0.05, 0.1) is 6.10 Å². The Balaban J connectivity index is 2.97. The lowest BCUT2D eigenvalue weighted by molar-refractivity contribution is -0.137. The van der Waals surface area contributed by atoms with Crippen molar-refractivity contribution in [3.63, 3.8) is 0 Å². The van der Waals surface area contributed by atoms with E-state index in [-0.39, 0.29) is 6.10 Å². The van der Waals surface area contributed by atoms with E-state index in [0.29, 0.717) is 6.42 Å². The summed E-state index contributed by atoms with van der Waals surface area (Å²) in [6, 6.07) is 0. The van der Waals surface area contributed by atoms with Gasteiger partial charge in [0.25, 0.3) is 0 Å². The lowest BCUT2D eigenvalue weighted by Crippen LogP contribution is -1.98. The summed E-state index contributed by atoms with van der Waals surface area (Å²) in [6.07, 6.45) is 13.0. The molecule has 0 aliphatic carbocycles. The van der Waals surface area contributed by atoms with Crippen molar-refractivity contribution in [2.24, 2.45) is 0 Å². The van der Waals surface area contributed by atoms with Crippen LogP contribution in [0.3, 0.4) is 0 Å². The number of aliphatic hydroxyl groups is 1. The number of hydrogen-bond acceptors (Lipinski definition) is 2. The fraction of sp³-hybridized carbons (Fsp3) is 0.933. The molecule has 0 spiro atoms. The Labute approximate surface area is 112 Å². The number of unbranched alkanes of at least 4 members (excludes halogenated alkanes) is 9. The standard InChI is InChI=1S/C15H30O3/c1-14(16)12-10-8-6-4-2-3-5-7-9-11-13-15(17)18/h14,16H,2-13H2,1H3,(H,17,18). The van der Waals surface area contributed by atoms with Crippen LogP contribution in [0.2, 0.25) is 0 Å². The summed E-state index contributed by atoms with van der Waals surface area (Å²) in [5.41, 5.74) is 0. The van der Waals surface area contributed by atoms with Crippen LogP contribution < -0.4 is 0 Å². The van der Waals surface area contributed by atoms with Gasteiger partial charge in [0, 0.05) is 6.42 Å². The molecule has 2 N–H and O–H groups in total. The van der Waals surface area contributed by atoms with Gasteiger partial charge in [-0.2, -0.15) is 0 Å². The van der Waals surface area contributed by atoms with E-state index >= 15 is 0 Å². The van der Waals surface area contributed by atoms with Crippen LogP contribution in [0.5, 0.6) is 0 Å². The van der Waals surface area contributed by atoms with Crippen LogP contribution in [-0.4, -0.2) is 22.3 Å². The Morgan fingerprint density at radius 1 is 0.833 bits per heavy atom. The number of aliphatic hydroxyl groups excluding tert-OH is 1. The smallest absolute Gasteiger partial charge is 0.303 e. The monoisotopic (exact) mass is 258 g/mol. The Bertz CT molecular complexity index is 190. The number of rotatable bonds is 13. The van der Waals surface area contributed by atoms with E-state index in [1.807, 2.05) is 6.92 Å². The van der Waals surface area contributed by atoms with Crippen LogP contribution in [0.15, 0.2) is 0 Å². The molecule has 0 aromatic heterocycles. The highest BCUT2D eigenvalue weighted by Gasteiger charge is 1.97. The van der Waals surface area contributed by atoms with Gasteiger partial charge in [-0.25, -0.2) is 0 Å². The van der Waals surface area contributed by atoms with Gasteiger partial charge in [-0.15, -0.1) is 0 Å². The van der Waals surface area contributed by atoms with Crippen molar-refractivity contribution < 1.29 is 15.0 Å². The van der Waals surface area contributed by atoms with Crippen molar-refractivity contribution in [3.8, 4) is 0 Å². The molecule has 0 aromatic rings. The molecule has 0 radical (unpaired) electrons. The molecular weight excluding hydrogens is 228 g/mol. The minimum Gasteiger partial charge on any atom is -0.481 e. The average Bonchev–Trinajstić information content (AvgIpc) is 2.29. The van der Waals surface area contributed by atoms with Crippen LogP contribution in [0.1, 0.15) is 84.0 Å². The molecule has 0 saturated carbocycles.